The number of hydrogen-bond acceptors (Lipinski definition) is 6. The summed E-state index contributed by atoms with van der Waals surface area (Å²) in [5.41, 5.74) is 0.905. The lowest BCUT2D eigenvalue weighted by Crippen LogP contribution is -2.51. The van der Waals surface area contributed by atoms with Gasteiger partial charge in [-0.15, -0.1) is 0 Å². The third-order valence-corrected chi connectivity index (χ3v) is 6.91. The number of fused-ring (bicyclic) bond motifs is 1. The van der Waals surface area contributed by atoms with E-state index < -0.39 is 0 Å². The van der Waals surface area contributed by atoms with Crippen molar-refractivity contribution in [2.24, 2.45) is 11.8 Å². The zero-order valence-corrected chi connectivity index (χ0v) is 18.3. The number of carbonyl (C=O) groups is 2. The maximum absolute atomic E-state index is 12.8. The minimum absolute atomic E-state index is 0.0523. The van der Waals surface area contributed by atoms with E-state index in [1.165, 1.54) is 9.58 Å². The molecule has 2 amide bonds. The Morgan fingerprint density at radius 2 is 1.53 bits per heavy atom. The Kier molecular flexibility index (Phi) is 5.57. The largest absolute Gasteiger partial charge is 0.366 e. The van der Waals surface area contributed by atoms with Crippen LogP contribution in [-0.4, -0.2) is 64.2 Å². The Morgan fingerprint density at radius 3 is 2.16 bits per heavy atom. The summed E-state index contributed by atoms with van der Waals surface area (Å²) in [4.78, 5) is 43.7. The number of rotatable bonds is 4. The molecule has 0 bridgehead atoms. The Morgan fingerprint density at radius 1 is 0.906 bits per heavy atom. The van der Waals surface area contributed by atoms with Crippen LogP contribution >= 0.6 is 11.6 Å². The normalized spacial score (nSPS) is 23.7. The quantitative estimate of drug-likeness (QED) is 0.520. The van der Waals surface area contributed by atoms with Crippen molar-refractivity contribution in [1.29, 1.82) is 0 Å². The van der Waals surface area contributed by atoms with E-state index in [9.17, 15) is 14.4 Å². The highest BCUT2D eigenvalue weighted by atomic mass is 35.5. The molecule has 2 atom stereocenters. The van der Waals surface area contributed by atoms with Crippen LogP contribution in [0.3, 0.4) is 0 Å². The number of likely N-dealkylation sites (tertiary alicyclic amines) is 1. The van der Waals surface area contributed by atoms with Gasteiger partial charge in [-0.2, -0.15) is 9.78 Å². The number of halogens is 1. The molecule has 1 aliphatic carbocycles. The standard InChI is InChI=1S/C23H24ClN5O3/c24-20-19(14-25-29(23(20)32)16-6-2-1-3-7-16)27-12-10-26(11-13-27)15-28-21(30)17-8-4-5-9-18(17)22(28)31/h1-7,14,17-18H,8-13,15H2/t17-,18+. The summed E-state index contributed by atoms with van der Waals surface area (Å²) in [6, 6.07) is 9.16. The number of para-hydroxylation sites is 1. The van der Waals surface area contributed by atoms with Crippen LogP contribution in [0.25, 0.3) is 5.69 Å². The molecule has 0 N–H and O–H groups in total. The van der Waals surface area contributed by atoms with Gasteiger partial charge < -0.3 is 4.90 Å². The van der Waals surface area contributed by atoms with Crippen LogP contribution in [0.5, 0.6) is 0 Å². The molecule has 3 heterocycles. The summed E-state index contributed by atoms with van der Waals surface area (Å²) < 4.78 is 1.29. The molecule has 2 aromatic rings. The molecular formula is C23H24ClN5O3. The van der Waals surface area contributed by atoms with Crippen LogP contribution in [0, 0.1) is 11.8 Å². The monoisotopic (exact) mass is 453 g/mol. The number of carbonyl (C=O) groups excluding carboxylic acids is 2. The van der Waals surface area contributed by atoms with Gasteiger partial charge in [0.1, 0.15) is 5.02 Å². The third kappa shape index (κ3) is 3.63. The first kappa shape index (κ1) is 20.9. The van der Waals surface area contributed by atoms with Gasteiger partial charge in [0.15, 0.2) is 0 Å². The first-order valence-corrected chi connectivity index (χ1v) is 11.2. The Labute approximate surface area is 190 Å². The van der Waals surface area contributed by atoms with E-state index in [0.717, 1.165) is 0 Å². The number of anilines is 1. The molecule has 3 aliphatic rings. The SMILES string of the molecule is O=C1[C@H]2CC=CC[C@H]2C(=O)N1CN1CCN(c2cnn(-c3ccccc3)c(=O)c2Cl)CC1. The fourth-order valence-electron chi connectivity index (χ4n) is 4.74. The summed E-state index contributed by atoms with van der Waals surface area (Å²) in [6.07, 6.45) is 6.92. The van der Waals surface area contributed by atoms with E-state index in [-0.39, 0.29) is 34.2 Å². The molecule has 32 heavy (non-hydrogen) atoms. The molecule has 0 saturated carbocycles. The van der Waals surface area contributed by atoms with Crippen LogP contribution < -0.4 is 10.5 Å². The fourth-order valence-corrected chi connectivity index (χ4v) is 4.98. The first-order valence-electron chi connectivity index (χ1n) is 10.9. The van der Waals surface area contributed by atoms with Gasteiger partial charge in [-0.05, 0) is 25.0 Å². The van der Waals surface area contributed by atoms with Gasteiger partial charge >= 0.3 is 0 Å². The highest BCUT2D eigenvalue weighted by Crippen LogP contribution is 2.35. The average molecular weight is 454 g/mol. The van der Waals surface area contributed by atoms with Gasteiger partial charge in [0.25, 0.3) is 5.56 Å². The number of aromatic nitrogens is 2. The van der Waals surface area contributed by atoms with Gasteiger partial charge in [0, 0.05) is 26.2 Å². The van der Waals surface area contributed by atoms with Gasteiger partial charge in [0.05, 0.1) is 36.1 Å². The van der Waals surface area contributed by atoms with Gasteiger partial charge in [-0.1, -0.05) is 42.0 Å². The van der Waals surface area contributed by atoms with Crippen molar-refractivity contribution in [1.82, 2.24) is 19.6 Å². The zero-order valence-electron chi connectivity index (χ0n) is 17.6. The minimum atomic E-state index is -0.359. The van der Waals surface area contributed by atoms with Gasteiger partial charge in [-0.3, -0.25) is 24.2 Å². The molecule has 0 spiro atoms. The van der Waals surface area contributed by atoms with Crippen molar-refractivity contribution >= 4 is 29.1 Å². The maximum atomic E-state index is 12.8. The van der Waals surface area contributed by atoms with Crippen molar-refractivity contribution in [3.8, 4) is 5.69 Å². The molecule has 2 aliphatic heterocycles. The van der Waals surface area contributed by atoms with Crippen molar-refractivity contribution in [2.45, 2.75) is 12.8 Å². The van der Waals surface area contributed by atoms with E-state index in [1.807, 2.05) is 35.3 Å². The van der Waals surface area contributed by atoms with E-state index in [1.54, 1.807) is 18.3 Å². The predicted octanol–water partition coefficient (Wildman–Crippen LogP) is 1.92. The number of amides is 2. The molecule has 2 fully saturated rings. The summed E-state index contributed by atoms with van der Waals surface area (Å²) >= 11 is 6.43. The molecule has 5 rings (SSSR count). The van der Waals surface area contributed by atoms with E-state index in [2.05, 4.69) is 10.00 Å². The maximum Gasteiger partial charge on any atom is 0.292 e. The number of allylic oxidation sites excluding steroid dienone is 2. The average Bonchev–Trinajstić information content (AvgIpc) is 3.07. The lowest BCUT2D eigenvalue weighted by atomic mass is 9.85. The molecule has 166 valence electrons. The molecule has 1 aromatic carbocycles. The highest BCUT2D eigenvalue weighted by molar-refractivity contribution is 6.33. The lowest BCUT2D eigenvalue weighted by molar-refractivity contribution is -0.142. The van der Waals surface area contributed by atoms with Crippen molar-refractivity contribution in [3.63, 3.8) is 0 Å². The van der Waals surface area contributed by atoms with E-state index in [4.69, 9.17) is 11.6 Å². The summed E-state index contributed by atoms with van der Waals surface area (Å²) in [7, 11) is 0. The second-order valence-electron chi connectivity index (χ2n) is 8.40. The smallest absolute Gasteiger partial charge is 0.292 e. The summed E-state index contributed by atoms with van der Waals surface area (Å²) in [5.74, 6) is -0.503. The van der Waals surface area contributed by atoms with E-state index in [0.29, 0.717) is 57.1 Å². The second-order valence-corrected chi connectivity index (χ2v) is 8.78. The molecule has 8 nitrogen and oxygen atoms in total. The van der Waals surface area contributed by atoms with Crippen molar-refractivity contribution < 1.29 is 9.59 Å². The first-order chi connectivity index (χ1) is 15.5. The van der Waals surface area contributed by atoms with Crippen LogP contribution in [0.15, 0.2) is 53.5 Å². The Bertz CT molecular complexity index is 1100. The third-order valence-electron chi connectivity index (χ3n) is 6.55. The lowest BCUT2D eigenvalue weighted by Gasteiger charge is -2.37. The zero-order chi connectivity index (χ0) is 22.2. The number of nitrogens with zero attached hydrogens (tertiary/aromatic N) is 5. The van der Waals surface area contributed by atoms with Gasteiger partial charge in [0.2, 0.25) is 11.8 Å². The van der Waals surface area contributed by atoms with Crippen LogP contribution in [-0.2, 0) is 9.59 Å². The number of benzene rings is 1. The number of hydrogen-bond donors (Lipinski definition) is 0. The number of piperazine rings is 1. The summed E-state index contributed by atoms with van der Waals surface area (Å²) in [5, 5.41) is 4.45. The van der Waals surface area contributed by atoms with Crippen LogP contribution in [0.1, 0.15) is 12.8 Å². The molecule has 1 aromatic heterocycles. The predicted molar refractivity (Wildman–Crippen MR) is 121 cm³/mol. The molecular weight excluding hydrogens is 430 g/mol. The Balaban J connectivity index is 1.25. The van der Waals surface area contributed by atoms with Crippen molar-refractivity contribution in [2.75, 3.05) is 37.7 Å². The number of imide groups is 1. The molecule has 0 radical (unpaired) electrons. The van der Waals surface area contributed by atoms with Crippen LogP contribution in [0.4, 0.5) is 5.69 Å². The highest BCUT2D eigenvalue weighted by Gasteiger charge is 2.47. The van der Waals surface area contributed by atoms with Crippen LogP contribution in [0.2, 0.25) is 5.02 Å². The second kappa shape index (κ2) is 8.52. The Hall–Kier alpha value is -2.97. The van der Waals surface area contributed by atoms with Gasteiger partial charge in [-0.25, -0.2) is 0 Å². The molecule has 9 heteroatoms. The van der Waals surface area contributed by atoms with Crippen molar-refractivity contribution in [3.05, 3.63) is 64.1 Å². The fraction of sp³-hybridized carbons (Fsp3) is 0.391. The topological polar surface area (TPSA) is 78.8 Å². The van der Waals surface area contributed by atoms with E-state index >= 15 is 0 Å². The molecule has 2 saturated heterocycles. The summed E-state index contributed by atoms with van der Waals surface area (Å²) in [6.45, 7) is 2.88. The minimum Gasteiger partial charge on any atom is -0.366 e. The molecule has 0 unspecified atom stereocenters.